The second kappa shape index (κ2) is 6.83. The molecule has 0 unspecified atom stereocenters. The highest BCUT2D eigenvalue weighted by Gasteiger charge is 2.34. The molecule has 1 amide bonds. The molecule has 4 nitrogen and oxygen atoms in total. The van der Waals surface area contributed by atoms with Gasteiger partial charge in [0.05, 0.1) is 5.69 Å². The molecule has 0 bridgehead atoms. The van der Waals surface area contributed by atoms with E-state index in [1.807, 2.05) is 49.4 Å². The summed E-state index contributed by atoms with van der Waals surface area (Å²) in [5, 5.41) is 13.3. The topological polar surface area (TPSA) is 66.4 Å². The number of halogens is 1. The number of hydrogen-bond acceptors (Lipinski definition) is 3. The zero-order valence-electron chi connectivity index (χ0n) is 14.5. The van der Waals surface area contributed by atoms with E-state index >= 15 is 0 Å². The highest BCUT2D eigenvalue weighted by atomic mass is 35.5. The van der Waals surface area contributed by atoms with Crippen molar-refractivity contribution in [3.8, 4) is 11.1 Å². The van der Waals surface area contributed by atoms with Gasteiger partial charge in [0.1, 0.15) is 4.88 Å². The maximum Gasteiger partial charge on any atom is 0.346 e. The summed E-state index contributed by atoms with van der Waals surface area (Å²) in [6, 6.07) is 15.0. The van der Waals surface area contributed by atoms with Crippen molar-refractivity contribution in [1.29, 1.82) is 0 Å². The van der Waals surface area contributed by atoms with Crippen LogP contribution in [0.25, 0.3) is 11.1 Å². The highest BCUT2D eigenvalue weighted by Crippen LogP contribution is 2.49. The van der Waals surface area contributed by atoms with Gasteiger partial charge in [-0.3, -0.25) is 4.79 Å². The number of carbonyl (C=O) groups excluding carboxylic acids is 1. The van der Waals surface area contributed by atoms with Gasteiger partial charge in [0, 0.05) is 27.8 Å². The molecule has 3 aromatic rings. The third-order valence-corrected chi connectivity index (χ3v) is 6.22. The van der Waals surface area contributed by atoms with Gasteiger partial charge in [-0.25, -0.2) is 4.79 Å². The molecule has 1 aliphatic rings. The number of benzene rings is 2. The van der Waals surface area contributed by atoms with Crippen LogP contribution in [0.4, 0.5) is 5.69 Å². The number of rotatable bonds is 3. The van der Waals surface area contributed by atoms with Crippen LogP contribution in [0.15, 0.2) is 48.5 Å². The minimum Gasteiger partial charge on any atom is -0.477 e. The van der Waals surface area contributed by atoms with Crippen molar-refractivity contribution in [2.45, 2.75) is 19.3 Å². The maximum absolute atomic E-state index is 12.4. The Morgan fingerprint density at radius 1 is 1.22 bits per heavy atom. The van der Waals surface area contributed by atoms with Crippen LogP contribution in [0.1, 0.15) is 38.0 Å². The molecule has 0 fully saturated rings. The lowest BCUT2D eigenvalue weighted by Gasteiger charge is -2.24. The largest absolute Gasteiger partial charge is 0.477 e. The molecular formula is C21H16ClNO3S. The van der Waals surface area contributed by atoms with Crippen molar-refractivity contribution in [2.75, 3.05) is 5.32 Å². The van der Waals surface area contributed by atoms with E-state index in [4.69, 9.17) is 11.6 Å². The van der Waals surface area contributed by atoms with Crippen LogP contribution in [0.2, 0.25) is 5.02 Å². The zero-order chi connectivity index (χ0) is 19.1. The molecule has 0 spiro atoms. The summed E-state index contributed by atoms with van der Waals surface area (Å²) < 4.78 is 0. The standard InChI is InChI=1S/C21H16ClNO3S/c1-11-5-7-12(8-6-11)17-18-19(27-20(17)21(25)26)15(10-16(24)23-18)13-3-2-4-14(22)9-13/h2-9,15H,10H2,1H3,(H,23,24)(H,25,26)/t15-/m1/s1. The number of hydrogen-bond donors (Lipinski definition) is 2. The number of carbonyl (C=O) groups is 2. The van der Waals surface area contributed by atoms with Gasteiger partial charge in [-0.1, -0.05) is 53.6 Å². The van der Waals surface area contributed by atoms with E-state index in [1.54, 1.807) is 6.07 Å². The third kappa shape index (κ3) is 3.24. The Hall–Kier alpha value is -2.63. The first-order valence-corrected chi connectivity index (χ1v) is 9.66. The lowest BCUT2D eigenvalue weighted by Crippen LogP contribution is -2.22. The molecule has 27 heavy (non-hydrogen) atoms. The molecule has 2 N–H and O–H groups in total. The van der Waals surface area contributed by atoms with E-state index in [0.717, 1.165) is 21.6 Å². The summed E-state index contributed by atoms with van der Waals surface area (Å²) in [7, 11) is 0. The van der Waals surface area contributed by atoms with E-state index in [2.05, 4.69) is 5.32 Å². The fourth-order valence-electron chi connectivity index (χ4n) is 3.43. The molecule has 4 rings (SSSR count). The summed E-state index contributed by atoms with van der Waals surface area (Å²) in [5.41, 5.74) is 3.94. The number of aryl methyl sites for hydroxylation is 1. The van der Waals surface area contributed by atoms with Gasteiger partial charge in [-0.2, -0.15) is 0 Å². The summed E-state index contributed by atoms with van der Waals surface area (Å²) in [6.45, 7) is 1.97. The number of nitrogens with one attached hydrogen (secondary N) is 1. The first-order chi connectivity index (χ1) is 12.9. The van der Waals surface area contributed by atoms with Crippen molar-refractivity contribution in [1.82, 2.24) is 0 Å². The number of amides is 1. The van der Waals surface area contributed by atoms with Crippen molar-refractivity contribution < 1.29 is 14.7 Å². The van der Waals surface area contributed by atoms with E-state index in [1.165, 1.54) is 11.3 Å². The minimum atomic E-state index is -0.996. The SMILES string of the molecule is Cc1ccc(-c2c(C(=O)O)sc3c2NC(=O)C[C@@H]3c2cccc(Cl)c2)cc1. The van der Waals surface area contributed by atoms with E-state index in [-0.39, 0.29) is 23.1 Å². The summed E-state index contributed by atoms with van der Waals surface area (Å²) >= 11 is 7.36. The van der Waals surface area contributed by atoms with Crippen molar-refractivity contribution in [3.63, 3.8) is 0 Å². The van der Waals surface area contributed by atoms with Gasteiger partial charge >= 0.3 is 5.97 Å². The molecule has 1 atom stereocenters. The molecule has 1 aliphatic heterocycles. The average Bonchev–Trinajstić information content (AvgIpc) is 3.01. The van der Waals surface area contributed by atoms with Gasteiger partial charge < -0.3 is 10.4 Å². The lowest BCUT2D eigenvalue weighted by molar-refractivity contribution is -0.116. The smallest absolute Gasteiger partial charge is 0.346 e. The van der Waals surface area contributed by atoms with E-state index in [0.29, 0.717) is 16.3 Å². The summed E-state index contributed by atoms with van der Waals surface area (Å²) in [6.07, 6.45) is 0.264. The van der Waals surface area contributed by atoms with Gasteiger partial charge in [0.2, 0.25) is 5.91 Å². The Bertz CT molecular complexity index is 1060. The Balaban J connectivity index is 1.94. The normalized spacial score (nSPS) is 15.9. The Labute approximate surface area is 165 Å². The second-order valence-electron chi connectivity index (χ2n) is 6.58. The lowest BCUT2D eigenvalue weighted by atomic mass is 9.88. The second-order valence-corrected chi connectivity index (χ2v) is 8.07. The van der Waals surface area contributed by atoms with Crippen LogP contribution in [0, 0.1) is 6.92 Å². The Kier molecular flexibility index (Phi) is 4.50. The predicted molar refractivity (Wildman–Crippen MR) is 108 cm³/mol. The van der Waals surface area contributed by atoms with Crippen LogP contribution in [0.5, 0.6) is 0 Å². The zero-order valence-corrected chi connectivity index (χ0v) is 16.0. The number of thiophene rings is 1. The molecule has 136 valence electrons. The summed E-state index contributed by atoms with van der Waals surface area (Å²) in [4.78, 5) is 25.4. The molecule has 0 saturated heterocycles. The van der Waals surface area contributed by atoms with Crippen LogP contribution in [-0.4, -0.2) is 17.0 Å². The molecule has 0 saturated carbocycles. The van der Waals surface area contributed by atoms with Crippen LogP contribution >= 0.6 is 22.9 Å². The third-order valence-electron chi connectivity index (χ3n) is 4.69. The van der Waals surface area contributed by atoms with Crippen molar-refractivity contribution >= 4 is 40.5 Å². The highest BCUT2D eigenvalue weighted by molar-refractivity contribution is 7.15. The van der Waals surface area contributed by atoms with Gasteiger partial charge in [-0.05, 0) is 30.2 Å². The van der Waals surface area contributed by atoms with Crippen LogP contribution < -0.4 is 5.32 Å². The van der Waals surface area contributed by atoms with E-state index < -0.39 is 5.97 Å². The fourth-order valence-corrected chi connectivity index (χ4v) is 4.87. The minimum absolute atomic E-state index is 0.129. The van der Waals surface area contributed by atoms with Crippen LogP contribution in [-0.2, 0) is 4.79 Å². The molecule has 0 radical (unpaired) electrons. The molecule has 2 heterocycles. The van der Waals surface area contributed by atoms with Gasteiger partial charge in [0.15, 0.2) is 0 Å². The van der Waals surface area contributed by atoms with Crippen molar-refractivity contribution in [2.24, 2.45) is 0 Å². The Morgan fingerprint density at radius 2 is 1.96 bits per heavy atom. The molecule has 0 aliphatic carbocycles. The predicted octanol–water partition coefficient (Wildman–Crippen LogP) is 5.55. The molecule has 6 heteroatoms. The molecule has 1 aromatic heterocycles. The Morgan fingerprint density at radius 3 is 2.63 bits per heavy atom. The maximum atomic E-state index is 12.4. The molecule has 2 aromatic carbocycles. The van der Waals surface area contributed by atoms with Crippen LogP contribution in [0.3, 0.4) is 0 Å². The summed E-state index contributed by atoms with van der Waals surface area (Å²) in [5.74, 6) is -1.34. The molecular weight excluding hydrogens is 382 g/mol. The number of fused-ring (bicyclic) bond motifs is 1. The number of carboxylic acids is 1. The first kappa shape index (κ1) is 17.8. The number of aromatic carboxylic acids is 1. The quantitative estimate of drug-likeness (QED) is 0.608. The number of anilines is 1. The van der Waals surface area contributed by atoms with Crippen molar-refractivity contribution in [3.05, 3.63) is 74.4 Å². The fraction of sp³-hybridized carbons (Fsp3) is 0.143. The monoisotopic (exact) mass is 397 g/mol. The number of carboxylic acid groups (broad SMARTS) is 1. The average molecular weight is 398 g/mol. The first-order valence-electron chi connectivity index (χ1n) is 8.46. The van der Waals surface area contributed by atoms with Gasteiger partial charge in [-0.15, -0.1) is 11.3 Å². The van der Waals surface area contributed by atoms with E-state index in [9.17, 15) is 14.7 Å². The van der Waals surface area contributed by atoms with Gasteiger partial charge in [0.25, 0.3) is 0 Å².